The fourth-order valence-electron chi connectivity index (χ4n) is 6.01. The van der Waals surface area contributed by atoms with Gasteiger partial charge in [-0.1, -0.05) is 36.4 Å². The van der Waals surface area contributed by atoms with E-state index >= 15 is 0 Å². The molecule has 0 aromatic heterocycles. The summed E-state index contributed by atoms with van der Waals surface area (Å²) in [5.74, 6) is -0.171. The van der Waals surface area contributed by atoms with E-state index in [4.69, 9.17) is 10.5 Å². The number of carbonyl (C=O) groups excluding carboxylic acids is 1. The number of benzene rings is 2. The molecular formula is C29H39FN2O3. The van der Waals surface area contributed by atoms with Crippen molar-refractivity contribution in [3.8, 4) is 11.1 Å². The molecule has 1 heterocycles. The van der Waals surface area contributed by atoms with Crippen LogP contribution in [0.25, 0.3) is 11.1 Å². The number of likely N-dealkylation sites (tertiary alicyclic amines) is 1. The number of hydrogen-bond acceptors (Lipinski definition) is 4. The second kappa shape index (κ2) is 11.6. The van der Waals surface area contributed by atoms with E-state index in [-0.39, 0.29) is 29.6 Å². The third kappa shape index (κ3) is 5.93. The number of ether oxygens (including phenoxy) is 1. The molecule has 6 heteroatoms. The predicted molar refractivity (Wildman–Crippen MR) is 136 cm³/mol. The Hall–Kier alpha value is -2.28. The number of carbonyl (C=O) groups is 1. The largest absolute Gasteiger partial charge is 0.385 e. The van der Waals surface area contributed by atoms with Gasteiger partial charge in [0.2, 0.25) is 5.91 Å². The molecule has 0 radical (unpaired) electrons. The molecule has 2 fully saturated rings. The number of aliphatic hydroxyl groups is 1. The number of rotatable bonds is 9. The van der Waals surface area contributed by atoms with E-state index in [0.717, 1.165) is 68.2 Å². The molecule has 35 heavy (non-hydrogen) atoms. The monoisotopic (exact) mass is 482 g/mol. The molecule has 1 amide bonds. The van der Waals surface area contributed by atoms with Gasteiger partial charge in [0.15, 0.2) is 0 Å². The molecule has 2 aromatic rings. The van der Waals surface area contributed by atoms with Crippen LogP contribution in [-0.2, 0) is 15.1 Å². The SMILES string of the molecule is COCCCC[C@](O)(c1ccccc1-c1ccc(F)cc1)[C@H]1CCCN(C(=O)C2CCC(N)C2)C1. The van der Waals surface area contributed by atoms with Crippen LogP contribution in [0.1, 0.15) is 56.9 Å². The normalized spacial score (nSPS) is 24.3. The second-order valence-electron chi connectivity index (χ2n) is 10.3. The average Bonchev–Trinajstić information content (AvgIpc) is 3.33. The maximum atomic E-state index is 13.6. The number of amides is 1. The first kappa shape index (κ1) is 25.8. The Morgan fingerprint density at radius 3 is 2.63 bits per heavy atom. The predicted octanol–water partition coefficient (Wildman–Crippen LogP) is 4.86. The Balaban J connectivity index is 1.64. The van der Waals surface area contributed by atoms with E-state index < -0.39 is 5.60 Å². The summed E-state index contributed by atoms with van der Waals surface area (Å²) in [6, 6.07) is 14.4. The van der Waals surface area contributed by atoms with E-state index in [0.29, 0.717) is 19.6 Å². The highest BCUT2D eigenvalue weighted by molar-refractivity contribution is 5.79. The second-order valence-corrected chi connectivity index (χ2v) is 10.3. The number of methoxy groups -OCH3 is 1. The summed E-state index contributed by atoms with van der Waals surface area (Å²) in [7, 11) is 1.69. The fraction of sp³-hybridized carbons (Fsp3) is 0.552. The first-order chi connectivity index (χ1) is 16.9. The summed E-state index contributed by atoms with van der Waals surface area (Å²) in [6.07, 6.45) is 6.49. The van der Waals surface area contributed by atoms with Crippen molar-refractivity contribution in [2.24, 2.45) is 17.6 Å². The van der Waals surface area contributed by atoms with Gasteiger partial charge >= 0.3 is 0 Å². The molecule has 1 saturated heterocycles. The van der Waals surface area contributed by atoms with E-state index in [1.54, 1.807) is 19.2 Å². The summed E-state index contributed by atoms with van der Waals surface area (Å²) < 4.78 is 18.9. The first-order valence-corrected chi connectivity index (χ1v) is 13.0. The zero-order chi connectivity index (χ0) is 24.8. The van der Waals surface area contributed by atoms with Gasteiger partial charge in [-0.15, -0.1) is 0 Å². The van der Waals surface area contributed by atoms with Crippen LogP contribution in [0.2, 0.25) is 0 Å². The lowest BCUT2D eigenvalue weighted by atomic mass is 9.72. The summed E-state index contributed by atoms with van der Waals surface area (Å²) in [5.41, 5.74) is 7.61. The molecule has 2 aliphatic rings. The topological polar surface area (TPSA) is 75.8 Å². The van der Waals surface area contributed by atoms with Crippen LogP contribution in [0.5, 0.6) is 0 Å². The van der Waals surface area contributed by atoms with Crippen molar-refractivity contribution in [2.75, 3.05) is 26.8 Å². The molecule has 1 saturated carbocycles. The van der Waals surface area contributed by atoms with E-state index in [1.807, 2.05) is 29.2 Å². The minimum atomic E-state index is -1.11. The van der Waals surface area contributed by atoms with Gasteiger partial charge in [0.05, 0.1) is 5.60 Å². The lowest BCUT2D eigenvalue weighted by Crippen LogP contribution is -2.49. The Kier molecular flexibility index (Phi) is 8.58. The van der Waals surface area contributed by atoms with Gasteiger partial charge in [0.1, 0.15) is 5.82 Å². The van der Waals surface area contributed by atoms with Gasteiger partial charge in [-0.05, 0) is 80.2 Å². The van der Waals surface area contributed by atoms with Crippen LogP contribution in [-0.4, -0.2) is 48.8 Å². The van der Waals surface area contributed by atoms with Crippen LogP contribution in [0, 0.1) is 17.7 Å². The summed E-state index contributed by atoms with van der Waals surface area (Å²) >= 11 is 0. The van der Waals surface area contributed by atoms with Crippen molar-refractivity contribution in [3.63, 3.8) is 0 Å². The highest BCUT2D eigenvalue weighted by atomic mass is 19.1. The summed E-state index contributed by atoms with van der Waals surface area (Å²) in [6.45, 7) is 1.93. The molecule has 190 valence electrons. The zero-order valence-electron chi connectivity index (χ0n) is 20.8. The smallest absolute Gasteiger partial charge is 0.225 e. The van der Waals surface area contributed by atoms with Gasteiger partial charge in [-0.3, -0.25) is 4.79 Å². The molecule has 4 rings (SSSR count). The molecule has 3 N–H and O–H groups in total. The molecule has 1 aliphatic carbocycles. The van der Waals surface area contributed by atoms with Crippen LogP contribution in [0.4, 0.5) is 4.39 Å². The van der Waals surface area contributed by atoms with Gasteiger partial charge in [-0.2, -0.15) is 0 Å². The van der Waals surface area contributed by atoms with Crippen LogP contribution >= 0.6 is 0 Å². The fourth-order valence-corrected chi connectivity index (χ4v) is 6.01. The maximum Gasteiger partial charge on any atom is 0.225 e. The summed E-state index contributed by atoms with van der Waals surface area (Å²) in [5, 5.41) is 12.4. The first-order valence-electron chi connectivity index (χ1n) is 13.0. The number of halogens is 1. The Morgan fingerprint density at radius 1 is 1.14 bits per heavy atom. The number of hydrogen-bond donors (Lipinski definition) is 2. The van der Waals surface area contributed by atoms with Crippen LogP contribution in [0.3, 0.4) is 0 Å². The quantitative estimate of drug-likeness (QED) is 0.501. The molecule has 2 unspecified atom stereocenters. The molecular weight excluding hydrogens is 443 g/mol. The third-order valence-corrected chi connectivity index (χ3v) is 7.94. The van der Waals surface area contributed by atoms with E-state index in [1.165, 1.54) is 12.1 Å². The van der Waals surface area contributed by atoms with E-state index in [9.17, 15) is 14.3 Å². The minimum absolute atomic E-state index is 0.00467. The number of nitrogens with zero attached hydrogens (tertiary/aromatic N) is 1. The minimum Gasteiger partial charge on any atom is -0.385 e. The van der Waals surface area contributed by atoms with Crippen LogP contribution in [0.15, 0.2) is 48.5 Å². The highest BCUT2D eigenvalue weighted by Crippen LogP contribution is 2.44. The standard InChI is InChI=1S/C29H39FN2O3/c1-35-18-5-4-16-29(34,27-9-3-2-8-26(27)21-10-13-24(30)14-11-21)23-7-6-17-32(20-23)28(33)22-12-15-25(31)19-22/h2-3,8-11,13-14,22-23,25,34H,4-7,12,15-20,31H2,1H3/t22?,23-,25?,29+/m0/s1. The zero-order valence-corrected chi connectivity index (χ0v) is 20.8. The molecule has 0 bridgehead atoms. The average molecular weight is 483 g/mol. The Morgan fingerprint density at radius 2 is 1.91 bits per heavy atom. The molecule has 4 atom stereocenters. The van der Waals surface area contributed by atoms with Gasteiger partial charge in [0, 0.05) is 44.7 Å². The van der Waals surface area contributed by atoms with Crippen molar-refractivity contribution in [1.29, 1.82) is 0 Å². The van der Waals surface area contributed by atoms with Crippen molar-refractivity contribution in [1.82, 2.24) is 4.90 Å². The Labute approximate surface area is 208 Å². The van der Waals surface area contributed by atoms with Crippen molar-refractivity contribution in [2.45, 2.75) is 63.0 Å². The molecule has 2 aromatic carbocycles. The number of nitrogens with two attached hydrogens (primary N) is 1. The molecule has 1 aliphatic heterocycles. The lowest BCUT2D eigenvalue weighted by Gasteiger charge is -2.44. The maximum absolute atomic E-state index is 13.6. The Bertz CT molecular complexity index is 982. The van der Waals surface area contributed by atoms with Crippen molar-refractivity contribution >= 4 is 5.91 Å². The van der Waals surface area contributed by atoms with Gasteiger partial charge < -0.3 is 20.5 Å². The lowest BCUT2D eigenvalue weighted by molar-refractivity contribution is -0.140. The molecule has 0 spiro atoms. The number of unbranched alkanes of at least 4 members (excludes halogenated alkanes) is 1. The van der Waals surface area contributed by atoms with Crippen molar-refractivity contribution < 1.29 is 19.0 Å². The highest BCUT2D eigenvalue weighted by Gasteiger charge is 2.43. The van der Waals surface area contributed by atoms with Gasteiger partial charge in [-0.25, -0.2) is 4.39 Å². The van der Waals surface area contributed by atoms with Crippen LogP contribution < -0.4 is 5.73 Å². The van der Waals surface area contributed by atoms with Gasteiger partial charge in [0.25, 0.3) is 0 Å². The number of piperidine rings is 1. The van der Waals surface area contributed by atoms with E-state index in [2.05, 4.69) is 0 Å². The third-order valence-electron chi connectivity index (χ3n) is 7.94. The molecule has 5 nitrogen and oxygen atoms in total. The van der Waals surface area contributed by atoms with Crippen molar-refractivity contribution in [3.05, 3.63) is 59.9 Å². The summed E-state index contributed by atoms with van der Waals surface area (Å²) in [4.78, 5) is 15.3.